The van der Waals surface area contributed by atoms with E-state index in [1.165, 1.54) is 6.33 Å². The number of nitrogens with zero attached hydrogens (tertiary/aromatic N) is 4. The van der Waals surface area contributed by atoms with Crippen LogP contribution >= 0.6 is 0 Å². The molecule has 4 atom stereocenters. The third-order valence-electron chi connectivity index (χ3n) is 3.81. The standard InChI is InChI=1S/C14H22N6O3/c1-14(2,3)19-8-10(22)7(4-21)23-13(8)20-6-18-9-11(15)16-5-17-12(9)20/h5-8,10,13,19,21-22H,4H2,1-3H3,(H2,15,16,17)/t7-,8?,10-,13-/m1/s1. The first-order chi connectivity index (χ1) is 10.8. The van der Waals surface area contributed by atoms with Gasteiger partial charge in [0.05, 0.1) is 19.0 Å². The van der Waals surface area contributed by atoms with Gasteiger partial charge in [-0.15, -0.1) is 0 Å². The zero-order valence-electron chi connectivity index (χ0n) is 13.3. The molecule has 9 nitrogen and oxygen atoms in total. The van der Waals surface area contributed by atoms with Gasteiger partial charge in [0.25, 0.3) is 0 Å². The lowest BCUT2D eigenvalue weighted by atomic mass is 10.0. The Morgan fingerprint density at radius 2 is 2.09 bits per heavy atom. The summed E-state index contributed by atoms with van der Waals surface area (Å²) in [6.07, 6.45) is 0.805. The highest BCUT2D eigenvalue weighted by Gasteiger charge is 2.46. The van der Waals surface area contributed by atoms with E-state index in [4.69, 9.17) is 10.5 Å². The molecule has 1 unspecified atom stereocenters. The van der Waals surface area contributed by atoms with Crippen LogP contribution in [0.25, 0.3) is 11.2 Å². The summed E-state index contributed by atoms with van der Waals surface area (Å²) in [5.74, 6) is 0.284. The second-order valence-electron chi connectivity index (χ2n) is 6.74. The zero-order chi connectivity index (χ0) is 16.8. The molecule has 9 heteroatoms. The fourth-order valence-corrected chi connectivity index (χ4v) is 2.85. The molecule has 0 amide bonds. The van der Waals surface area contributed by atoms with Crippen molar-refractivity contribution in [3.8, 4) is 0 Å². The highest BCUT2D eigenvalue weighted by Crippen LogP contribution is 2.32. The molecule has 1 aliphatic rings. The van der Waals surface area contributed by atoms with Crippen LogP contribution in [0.5, 0.6) is 0 Å². The number of rotatable bonds is 3. The molecule has 2 aromatic heterocycles. The van der Waals surface area contributed by atoms with Gasteiger partial charge in [-0.2, -0.15) is 0 Å². The molecule has 1 saturated heterocycles. The summed E-state index contributed by atoms with van der Waals surface area (Å²) < 4.78 is 7.54. The number of hydrogen-bond acceptors (Lipinski definition) is 8. The van der Waals surface area contributed by atoms with Gasteiger partial charge < -0.3 is 26.0 Å². The van der Waals surface area contributed by atoms with Crippen LogP contribution < -0.4 is 11.1 Å². The van der Waals surface area contributed by atoms with Crippen LogP contribution in [-0.4, -0.2) is 60.1 Å². The maximum atomic E-state index is 10.5. The van der Waals surface area contributed by atoms with Crippen molar-refractivity contribution in [2.75, 3.05) is 12.3 Å². The van der Waals surface area contributed by atoms with Gasteiger partial charge in [0, 0.05) is 5.54 Å². The van der Waals surface area contributed by atoms with Crippen molar-refractivity contribution in [2.24, 2.45) is 0 Å². The van der Waals surface area contributed by atoms with E-state index in [-0.39, 0.29) is 18.0 Å². The first kappa shape index (κ1) is 16.1. The average Bonchev–Trinajstić information content (AvgIpc) is 3.01. The van der Waals surface area contributed by atoms with Crippen LogP contribution in [0.4, 0.5) is 5.82 Å². The molecular formula is C14H22N6O3. The van der Waals surface area contributed by atoms with Crippen LogP contribution in [0.3, 0.4) is 0 Å². The lowest BCUT2D eigenvalue weighted by molar-refractivity contribution is -0.0444. The van der Waals surface area contributed by atoms with E-state index in [1.54, 1.807) is 10.9 Å². The summed E-state index contributed by atoms with van der Waals surface area (Å²) in [6.45, 7) is 5.71. The largest absolute Gasteiger partial charge is 0.394 e. The van der Waals surface area contributed by atoms with Crippen LogP contribution in [0.2, 0.25) is 0 Å². The number of ether oxygens (including phenoxy) is 1. The first-order valence-electron chi connectivity index (χ1n) is 7.47. The quantitative estimate of drug-likeness (QED) is 0.590. The van der Waals surface area contributed by atoms with E-state index < -0.39 is 24.5 Å². The van der Waals surface area contributed by atoms with Crippen molar-refractivity contribution >= 4 is 17.0 Å². The smallest absolute Gasteiger partial charge is 0.167 e. The van der Waals surface area contributed by atoms with Gasteiger partial charge >= 0.3 is 0 Å². The molecule has 0 bridgehead atoms. The Hall–Kier alpha value is -1.81. The fourth-order valence-electron chi connectivity index (χ4n) is 2.85. The second-order valence-corrected chi connectivity index (χ2v) is 6.74. The Morgan fingerprint density at radius 3 is 2.74 bits per heavy atom. The Balaban J connectivity index is 2.02. The molecule has 1 aliphatic heterocycles. The number of fused-ring (bicyclic) bond motifs is 1. The van der Waals surface area contributed by atoms with Gasteiger partial charge in [-0.3, -0.25) is 4.57 Å². The molecule has 3 rings (SSSR count). The van der Waals surface area contributed by atoms with Gasteiger partial charge in [-0.1, -0.05) is 0 Å². The van der Waals surface area contributed by atoms with Crippen molar-refractivity contribution in [3.05, 3.63) is 12.7 Å². The number of nitrogen functional groups attached to an aromatic ring is 1. The van der Waals surface area contributed by atoms with Crippen LogP contribution in [0.1, 0.15) is 27.0 Å². The molecule has 23 heavy (non-hydrogen) atoms. The number of imidazole rings is 1. The van der Waals surface area contributed by atoms with Crippen molar-refractivity contribution in [1.29, 1.82) is 0 Å². The maximum Gasteiger partial charge on any atom is 0.167 e. The van der Waals surface area contributed by atoms with Crippen molar-refractivity contribution < 1.29 is 14.9 Å². The lowest BCUT2D eigenvalue weighted by Gasteiger charge is -2.30. The summed E-state index contributed by atoms with van der Waals surface area (Å²) >= 11 is 0. The predicted octanol–water partition coefficient (Wildman–Crippen LogP) is -0.584. The number of anilines is 1. The van der Waals surface area contributed by atoms with E-state index in [0.717, 1.165) is 0 Å². The van der Waals surface area contributed by atoms with Crippen molar-refractivity contribution in [3.63, 3.8) is 0 Å². The molecule has 0 radical (unpaired) electrons. The minimum absolute atomic E-state index is 0.248. The van der Waals surface area contributed by atoms with Gasteiger partial charge in [0.2, 0.25) is 0 Å². The van der Waals surface area contributed by atoms with Crippen LogP contribution in [0, 0.1) is 0 Å². The Labute approximate surface area is 133 Å². The van der Waals surface area contributed by atoms with E-state index in [0.29, 0.717) is 11.2 Å². The normalized spacial score (nSPS) is 28.6. The summed E-state index contributed by atoms with van der Waals surface area (Å²) in [6, 6.07) is -0.430. The molecule has 1 fully saturated rings. The lowest BCUT2D eigenvalue weighted by Crippen LogP contribution is -2.51. The zero-order valence-corrected chi connectivity index (χ0v) is 13.3. The van der Waals surface area contributed by atoms with E-state index in [9.17, 15) is 10.2 Å². The molecule has 0 saturated carbocycles. The topological polar surface area (TPSA) is 131 Å². The van der Waals surface area contributed by atoms with Crippen LogP contribution in [0.15, 0.2) is 12.7 Å². The monoisotopic (exact) mass is 322 g/mol. The third-order valence-corrected chi connectivity index (χ3v) is 3.81. The van der Waals surface area contributed by atoms with Crippen LogP contribution in [-0.2, 0) is 4.74 Å². The fraction of sp³-hybridized carbons (Fsp3) is 0.643. The number of nitrogens with two attached hydrogens (primary N) is 1. The minimum atomic E-state index is -0.860. The highest BCUT2D eigenvalue weighted by atomic mass is 16.5. The van der Waals surface area contributed by atoms with E-state index >= 15 is 0 Å². The number of aliphatic hydroxyl groups is 2. The summed E-state index contributed by atoms with van der Waals surface area (Å²) in [5, 5.41) is 23.3. The number of nitrogens with one attached hydrogen (secondary N) is 1. The van der Waals surface area contributed by atoms with Gasteiger partial charge in [-0.25, -0.2) is 15.0 Å². The average molecular weight is 322 g/mol. The van der Waals surface area contributed by atoms with Crippen molar-refractivity contribution in [1.82, 2.24) is 24.8 Å². The van der Waals surface area contributed by atoms with Gasteiger partial charge in [0.15, 0.2) is 17.7 Å². The molecule has 3 heterocycles. The summed E-state index contributed by atoms with van der Waals surface area (Å²) in [7, 11) is 0. The maximum absolute atomic E-state index is 10.5. The van der Waals surface area contributed by atoms with Crippen molar-refractivity contribution in [2.45, 2.75) is 50.8 Å². The molecule has 0 aromatic carbocycles. The number of aromatic nitrogens is 4. The molecular weight excluding hydrogens is 300 g/mol. The number of aliphatic hydroxyl groups excluding tert-OH is 2. The SMILES string of the molecule is CC(C)(C)NC1[C@H](n2cnc3c(N)ncnc32)O[C@H](CO)[C@H]1O. The molecule has 126 valence electrons. The Morgan fingerprint density at radius 1 is 1.35 bits per heavy atom. The minimum Gasteiger partial charge on any atom is -0.394 e. The van der Waals surface area contributed by atoms with E-state index in [2.05, 4.69) is 20.3 Å². The van der Waals surface area contributed by atoms with Gasteiger partial charge in [0.1, 0.15) is 24.1 Å². The highest BCUT2D eigenvalue weighted by molar-refractivity contribution is 5.81. The van der Waals surface area contributed by atoms with Gasteiger partial charge in [-0.05, 0) is 20.8 Å². The Bertz CT molecular complexity index is 697. The van der Waals surface area contributed by atoms with E-state index in [1.807, 2.05) is 20.8 Å². The molecule has 0 spiro atoms. The number of hydrogen-bond donors (Lipinski definition) is 4. The summed E-state index contributed by atoms with van der Waals surface area (Å²) in [4.78, 5) is 12.4. The molecule has 2 aromatic rings. The Kier molecular flexibility index (Phi) is 3.96. The first-order valence-corrected chi connectivity index (χ1v) is 7.47. The molecule has 0 aliphatic carbocycles. The molecule has 5 N–H and O–H groups in total. The third kappa shape index (κ3) is 2.88. The summed E-state index contributed by atoms with van der Waals surface area (Å²) in [5.41, 5.74) is 6.57. The second kappa shape index (κ2) is 5.68. The predicted molar refractivity (Wildman–Crippen MR) is 83.4 cm³/mol.